The fourth-order valence-electron chi connectivity index (χ4n) is 2.60. The van der Waals surface area contributed by atoms with Crippen molar-refractivity contribution in [1.29, 1.82) is 0 Å². The molecule has 0 unspecified atom stereocenters. The molecule has 2 aromatic heterocycles. The maximum atomic E-state index is 8.93. The lowest BCUT2D eigenvalue weighted by atomic mass is 10.3. The molecule has 0 bridgehead atoms. The number of nitrogens with zero attached hydrogens (tertiary/aromatic N) is 4. The minimum atomic E-state index is 0.256. The third-order valence-corrected chi connectivity index (χ3v) is 3.68. The van der Waals surface area contributed by atoms with E-state index in [9.17, 15) is 0 Å². The Hall–Kier alpha value is -1.43. The SMILES string of the molecule is OCCN1CCN(Cc2cn3ccccc3n2)CC1. The van der Waals surface area contributed by atoms with Crippen LogP contribution >= 0.6 is 0 Å². The zero-order valence-corrected chi connectivity index (χ0v) is 11.1. The van der Waals surface area contributed by atoms with E-state index < -0.39 is 0 Å². The molecule has 0 radical (unpaired) electrons. The molecule has 1 fully saturated rings. The molecule has 102 valence electrons. The number of rotatable bonds is 4. The minimum absolute atomic E-state index is 0.256. The van der Waals surface area contributed by atoms with Crippen molar-refractivity contribution < 1.29 is 5.11 Å². The van der Waals surface area contributed by atoms with Gasteiger partial charge in [0.1, 0.15) is 5.65 Å². The van der Waals surface area contributed by atoms with Gasteiger partial charge >= 0.3 is 0 Å². The van der Waals surface area contributed by atoms with E-state index in [1.165, 1.54) is 0 Å². The van der Waals surface area contributed by atoms with E-state index in [4.69, 9.17) is 5.11 Å². The molecule has 0 spiro atoms. The molecular weight excluding hydrogens is 240 g/mol. The standard InChI is InChI=1S/C14H20N4O/c19-10-9-16-5-7-17(8-6-16)11-13-12-18-4-2-1-3-14(18)15-13/h1-4,12,19H,5-11H2. The molecule has 0 aliphatic carbocycles. The minimum Gasteiger partial charge on any atom is -0.395 e. The van der Waals surface area contributed by atoms with Crippen molar-refractivity contribution in [2.24, 2.45) is 0 Å². The van der Waals surface area contributed by atoms with Gasteiger partial charge in [0.15, 0.2) is 0 Å². The largest absolute Gasteiger partial charge is 0.395 e. The highest BCUT2D eigenvalue weighted by Gasteiger charge is 2.17. The quantitative estimate of drug-likeness (QED) is 0.866. The predicted molar refractivity (Wildman–Crippen MR) is 74.0 cm³/mol. The van der Waals surface area contributed by atoms with Gasteiger partial charge in [-0.05, 0) is 12.1 Å². The zero-order chi connectivity index (χ0) is 13.1. The molecule has 5 nitrogen and oxygen atoms in total. The molecule has 0 amide bonds. The summed E-state index contributed by atoms with van der Waals surface area (Å²) >= 11 is 0. The van der Waals surface area contributed by atoms with Crippen molar-refractivity contribution in [2.45, 2.75) is 6.54 Å². The van der Waals surface area contributed by atoms with Crippen molar-refractivity contribution in [1.82, 2.24) is 19.2 Å². The van der Waals surface area contributed by atoms with Gasteiger partial charge in [0.25, 0.3) is 0 Å². The lowest BCUT2D eigenvalue weighted by Crippen LogP contribution is -2.46. The number of piperazine rings is 1. The van der Waals surface area contributed by atoms with Crippen LogP contribution in [0.5, 0.6) is 0 Å². The summed E-state index contributed by atoms with van der Waals surface area (Å²) in [7, 11) is 0. The van der Waals surface area contributed by atoms with Gasteiger partial charge in [-0.15, -0.1) is 0 Å². The highest BCUT2D eigenvalue weighted by molar-refractivity contribution is 5.39. The lowest BCUT2D eigenvalue weighted by molar-refractivity contribution is 0.108. The summed E-state index contributed by atoms with van der Waals surface area (Å²) in [5.41, 5.74) is 2.14. The van der Waals surface area contributed by atoms with Crippen LogP contribution in [0.25, 0.3) is 5.65 Å². The molecule has 1 aliphatic heterocycles. The summed E-state index contributed by atoms with van der Waals surface area (Å²) in [6.07, 6.45) is 4.14. The van der Waals surface area contributed by atoms with Crippen molar-refractivity contribution in [3.63, 3.8) is 0 Å². The summed E-state index contributed by atoms with van der Waals surface area (Å²) in [5.74, 6) is 0. The molecule has 1 N–H and O–H groups in total. The zero-order valence-electron chi connectivity index (χ0n) is 11.1. The number of aromatic nitrogens is 2. The number of β-amino-alcohol motifs (C(OH)–C–C–N with tert-alkyl or cyclic N) is 1. The summed E-state index contributed by atoms with van der Waals surface area (Å²) in [5, 5.41) is 8.93. The Morgan fingerprint density at radius 2 is 1.89 bits per heavy atom. The molecule has 3 heterocycles. The number of pyridine rings is 1. The molecule has 2 aromatic rings. The fraction of sp³-hybridized carbons (Fsp3) is 0.500. The Labute approximate surface area is 113 Å². The summed E-state index contributed by atoms with van der Waals surface area (Å²) in [6.45, 7) is 6.13. The molecule has 3 rings (SSSR count). The van der Waals surface area contributed by atoms with Gasteiger partial charge in [0.2, 0.25) is 0 Å². The number of aliphatic hydroxyl groups is 1. The van der Waals surface area contributed by atoms with Crippen LogP contribution in [0.3, 0.4) is 0 Å². The molecule has 0 atom stereocenters. The maximum absolute atomic E-state index is 8.93. The Kier molecular flexibility index (Phi) is 3.77. The van der Waals surface area contributed by atoms with Crippen LogP contribution in [-0.2, 0) is 6.54 Å². The second-order valence-electron chi connectivity index (χ2n) is 5.04. The van der Waals surface area contributed by atoms with Crippen molar-refractivity contribution in [2.75, 3.05) is 39.3 Å². The van der Waals surface area contributed by atoms with E-state index in [1.807, 2.05) is 24.4 Å². The second-order valence-corrected chi connectivity index (χ2v) is 5.04. The summed E-state index contributed by atoms with van der Waals surface area (Å²) in [4.78, 5) is 9.36. The van der Waals surface area contributed by atoms with E-state index in [0.717, 1.165) is 50.6 Å². The first-order valence-electron chi connectivity index (χ1n) is 6.83. The average molecular weight is 260 g/mol. The van der Waals surface area contributed by atoms with Gasteiger partial charge in [0.05, 0.1) is 12.3 Å². The first-order chi connectivity index (χ1) is 9.35. The van der Waals surface area contributed by atoms with E-state index in [-0.39, 0.29) is 6.61 Å². The topological polar surface area (TPSA) is 44.0 Å². The normalized spacial score (nSPS) is 18.2. The molecular formula is C14H20N4O. The van der Waals surface area contributed by atoms with Crippen LogP contribution in [0, 0.1) is 0 Å². The monoisotopic (exact) mass is 260 g/mol. The highest BCUT2D eigenvalue weighted by Crippen LogP contribution is 2.09. The van der Waals surface area contributed by atoms with Gasteiger partial charge < -0.3 is 9.51 Å². The van der Waals surface area contributed by atoms with E-state index in [2.05, 4.69) is 25.4 Å². The smallest absolute Gasteiger partial charge is 0.137 e. The van der Waals surface area contributed by atoms with Gasteiger partial charge in [0, 0.05) is 51.7 Å². The molecule has 0 aromatic carbocycles. The highest BCUT2D eigenvalue weighted by atomic mass is 16.3. The van der Waals surface area contributed by atoms with E-state index in [0.29, 0.717) is 0 Å². The Morgan fingerprint density at radius 3 is 2.63 bits per heavy atom. The summed E-state index contributed by atoms with van der Waals surface area (Å²) in [6, 6.07) is 6.06. The predicted octanol–water partition coefficient (Wildman–Crippen LogP) is 0.444. The summed E-state index contributed by atoms with van der Waals surface area (Å²) < 4.78 is 2.07. The van der Waals surface area contributed by atoms with Crippen LogP contribution < -0.4 is 0 Å². The van der Waals surface area contributed by atoms with Gasteiger partial charge in [-0.25, -0.2) is 4.98 Å². The van der Waals surface area contributed by atoms with Crippen LogP contribution in [-0.4, -0.2) is 63.6 Å². The molecule has 1 aliphatic rings. The Balaban J connectivity index is 1.60. The van der Waals surface area contributed by atoms with Gasteiger partial charge in [-0.3, -0.25) is 9.80 Å². The van der Waals surface area contributed by atoms with Crippen LogP contribution in [0.1, 0.15) is 5.69 Å². The number of imidazole rings is 1. The molecule has 0 saturated carbocycles. The number of fused-ring (bicyclic) bond motifs is 1. The molecule has 1 saturated heterocycles. The van der Waals surface area contributed by atoms with Crippen LogP contribution in [0.15, 0.2) is 30.6 Å². The number of aliphatic hydroxyl groups excluding tert-OH is 1. The maximum Gasteiger partial charge on any atom is 0.137 e. The fourth-order valence-corrected chi connectivity index (χ4v) is 2.60. The van der Waals surface area contributed by atoms with Gasteiger partial charge in [-0.1, -0.05) is 6.07 Å². The lowest BCUT2D eigenvalue weighted by Gasteiger charge is -2.33. The van der Waals surface area contributed by atoms with Crippen molar-refractivity contribution in [3.8, 4) is 0 Å². The van der Waals surface area contributed by atoms with Crippen molar-refractivity contribution in [3.05, 3.63) is 36.3 Å². The first kappa shape index (κ1) is 12.6. The van der Waals surface area contributed by atoms with Crippen molar-refractivity contribution >= 4 is 5.65 Å². The third kappa shape index (κ3) is 2.94. The Morgan fingerprint density at radius 1 is 1.11 bits per heavy atom. The van der Waals surface area contributed by atoms with Crippen LogP contribution in [0.4, 0.5) is 0 Å². The first-order valence-corrected chi connectivity index (χ1v) is 6.83. The average Bonchev–Trinajstić information content (AvgIpc) is 2.83. The Bertz CT molecular complexity index is 498. The number of hydrogen-bond donors (Lipinski definition) is 1. The number of hydrogen-bond acceptors (Lipinski definition) is 4. The molecule has 19 heavy (non-hydrogen) atoms. The van der Waals surface area contributed by atoms with E-state index >= 15 is 0 Å². The van der Waals surface area contributed by atoms with Crippen LogP contribution in [0.2, 0.25) is 0 Å². The second kappa shape index (κ2) is 5.69. The third-order valence-electron chi connectivity index (χ3n) is 3.68. The van der Waals surface area contributed by atoms with Gasteiger partial charge in [-0.2, -0.15) is 0 Å². The van der Waals surface area contributed by atoms with E-state index in [1.54, 1.807) is 0 Å². The molecule has 5 heteroatoms.